The van der Waals surface area contributed by atoms with Crippen LogP contribution >= 0.6 is 11.3 Å². The van der Waals surface area contributed by atoms with Gasteiger partial charge in [-0.2, -0.15) is 0 Å². The summed E-state index contributed by atoms with van der Waals surface area (Å²) in [5.74, 6) is 0.999. The maximum Gasteiger partial charge on any atom is 0.133 e. The molecule has 4 nitrogen and oxygen atoms in total. The van der Waals surface area contributed by atoms with Crippen LogP contribution in [0.1, 0.15) is 57.9 Å². The Balaban J connectivity index is 2.00. The third kappa shape index (κ3) is 12.4. The predicted octanol–water partition coefficient (Wildman–Crippen LogP) is 5.10. The number of hydrogen-bond acceptors (Lipinski definition) is 5. The topological polar surface area (TPSA) is 36.9 Å². The molecule has 0 unspecified atom stereocenters. The molecular weight excluding hydrogens is 336 g/mol. The minimum absolute atomic E-state index is 0.589. The molecule has 0 saturated heterocycles. The second-order valence-electron chi connectivity index (χ2n) is 6.11. The highest BCUT2D eigenvalue weighted by Crippen LogP contribution is 2.24. The summed E-state index contributed by atoms with van der Waals surface area (Å²) in [6.45, 7) is 9.36. The lowest BCUT2D eigenvalue weighted by Crippen LogP contribution is -2.11. The van der Waals surface area contributed by atoms with Crippen LogP contribution in [0.4, 0.5) is 0 Å². The summed E-state index contributed by atoms with van der Waals surface area (Å²) < 4.78 is 22.4. The maximum absolute atomic E-state index is 5.83. The summed E-state index contributed by atoms with van der Waals surface area (Å²) in [5.41, 5.74) is 1.28. The van der Waals surface area contributed by atoms with E-state index in [1.54, 1.807) is 11.3 Å². The number of rotatable bonds is 18. The van der Waals surface area contributed by atoms with Crippen LogP contribution in [0.15, 0.2) is 10.8 Å². The highest BCUT2D eigenvalue weighted by atomic mass is 32.1. The predicted molar refractivity (Wildman–Crippen MR) is 105 cm³/mol. The highest BCUT2D eigenvalue weighted by Gasteiger charge is 2.05. The van der Waals surface area contributed by atoms with Crippen molar-refractivity contribution in [3.05, 3.63) is 16.3 Å². The normalized spacial score (nSPS) is 11.1. The van der Waals surface area contributed by atoms with E-state index in [9.17, 15) is 0 Å². The van der Waals surface area contributed by atoms with Gasteiger partial charge in [-0.3, -0.25) is 0 Å². The van der Waals surface area contributed by atoms with E-state index in [4.69, 9.17) is 18.9 Å². The Morgan fingerprint density at radius 3 is 2.20 bits per heavy atom. The van der Waals surface area contributed by atoms with E-state index < -0.39 is 0 Å². The highest BCUT2D eigenvalue weighted by molar-refractivity contribution is 7.08. The summed E-state index contributed by atoms with van der Waals surface area (Å²) >= 11 is 1.69. The van der Waals surface area contributed by atoms with Crippen molar-refractivity contribution >= 4 is 11.3 Å². The van der Waals surface area contributed by atoms with Crippen molar-refractivity contribution in [1.82, 2.24) is 0 Å². The van der Waals surface area contributed by atoms with Crippen LogP contribution in [-0.2, 0) is 20.6 Å². The van der Waals surface area contributed by atoms with E-state index in [2.05, 4.69) is 24.6 Å². The molecule has 146 valence electrons. The van der Waals surface area contributed by atoms with E-state index in [1.807, 2.05) is 0 Å². The van der Waals surface area contributed by atoms with Crippen LogP contribution < -0.4 is 4.74 Å². The number of aryl methyl sites for hydroxylation is 1. The standard InChI is InChI=1S/C20H36O4S/c1-3-5-6-7-11-22-12-8-9-19-17-25-18-20(19)24-16-15-23-14-13-21-10-4-2/h17-18H,3-16H2,1-2H3. The minimum Gasteiger partial charge on any atom is -0.490 e. The van der Waals surface area contributed by atoms with Gasteiger partial charge >= 0.3 is 0 Å². The lowest BCUT2D eigenvalue weighted by Gasteiger charge is -2.09. The summed E-state index contributed by atoms with van der Waals surface area (Å²) in [5, 5.41) is 4.25. The van der Waals surface area contributed by atoms with Crippen LogP contribution in [-0.4, -0.2) is 46.2 Å². The fraction of sp³-hybridized carbons (Fsp3) is 0.800. The molecule has 0 saturated carbocycles. The Morgan fingerprint density at radius 1 is 0.680 bits per heavy atom. The third-order valence-electron chi connectivity index (χ3n) is 3.78. The molecule has 1 aromatic heterocycles. The van der Waals surface area contributed by atoms with Gasteiger partial charge in [-0.15, -0.1) is 11.3 Å². The minimum atomic E-state index is 0.589. The molecule has 0 fully saturated rings. The molecule has 1 aromatic rings. The molecule has 0 N–H and O–H groups in total. The fourth-order valence-electron chi connectivity index (χ4n) is 2.40. The molecule has 0 aliphatic rings. The first-order valence-electron chi connectivity index (χ1n) is 9.79. The van der Waals surface area contributed by atoms with Crippen molar-refractivity contribution < 1.29 is 18.9 Å². The Morgan fingerprint density at radius 2 is 1.40 bits per heavy atom. The van der Waals surface area contributed by atoms with Gasteiger partial charge in [-0.05, 0) is 31.1 Å². The monoisotopic (exact) mass is 372 g/mol. The summed E-state index contributed by atoms with van der Waals surface area (Å²) in [7, 11) is 0. The van der Waals surface area contributed by atoms with Gasteiger partial charge in [0.25, 0.3) is 0 Å². The SMILES string of the molecule is CCCCCCOCCCc1cscc1OCCOCCOCCC. The first-order chi connectivity index (χ1) is 12.4. The Labute approximate surface area is 157 Å². The molecular formula is C20H36O4S. The number of unbranched alkanes of at least 4 members (excludes halogenated alkanes) is 3. The largest absolute Gasteiger partial charge is 0.490 e. The third-order valence-corrected chi connectivity index (χ3v) is 4.56. The molecule has 0 bridgehead atoms. The Kier molecular flexibility index (Phi) is 15.1. The lowest BCUT2D eigenvalue weighted by molar-refractivity contribution is 0.0365. The molecule has 0 aliphatic heterocycles. The molecule has 0 aliphatic carbocycles. The molecule has 0 aromatic carbocycles. The second-order valence-corrected chi connectivity index (χ2v) is 6.85. The van der Waals surface area contributed by atoms with E-state index in [-0.39, 0.29) is 0 Å². The lowest BCUT2D eigenvalue weighted by atomic mass is 10.2. The van der Waals surface area contributed by atoms with Gasteiger partial charge in [0, 0.05) is 30.8 Å². The molecule has 0 atom stereocenters. The van der Waals surface area contributed by atoms with E-state index in [0.717, 1.165) is 44.8 Å². The molecule has 25 heavy (non-hydrogen) atoms. The molecule has 1 rings (SSSR count). The first-order valence-corrected chi connectivity index (χ1v) is 10.7. The number of ether oxygens (including phenoxy) is 4. The Bertz CT molecular complexity index is 360. The van der Waals surface area contributed by atoms with Crippen LogP contribution in [0.25, 0.3) is 0 Å². The number of thiophene rings is 1. The van der Waals surface area contributed by atoms with Crippen LogP contribution in [0.3, 0.4) is 0 Å². The van der Waals surface area contributed by atoms with Gasteiger partial charge < -0.3 is 18.9 Å². The van der Waals surface area contributed by atoms with Crippen LogP contribution in [0, 0.1) is 0 Å². The zero-order chi connectivity index (χ0) is 18.0. The summed E-state index contributed by atoms with van der Waals surface area (Å²) in [6.07, 6.45) is 8.17. The Hall–Kier alpha value is -0.620. The summed E-state index contributed by atoms with van der Waals surface area (Å²) in [4.78, 5) is 0. The van der Waals surface area contributed by atoms with Crippen molar-refractivity contribution in [2.24, 2.45) is 0 Å². The number of hydrogen-bond donors (Lipinski definition) is 0. The molecule has 5 heteroatoms. The molecule has 0 spiro atoms. The molecule has 0 amide bonds. The van der Waals surface area contributed by atoms with Crippen molar-refractivity contribution in [1.29, 1.82) is 0 Å². The smallest absolute Gasteiger partial charge is 0.133 e. The average molecular weight is 373 g/mol. The van der Waals surface area contributed by atoms with E-state index >= 15 is 0 Å². The van der Waals surface area contributed by atoms with Crippen molar-refractivity contribution in [3.63, 3.8) is 0 Å². The van der Waals surface area contributed by atoms with E-state index in [0.29, 0.717) is 26.4 Å². The maximum atomic E-state index is 5.83. The van der Waals surface area contributed by atoms with E-state index in [1.165, 1.54) is 31.2 Å². The first kappa shape index (κ1) is 22.4. The molecule has 1 heterocycles. The van der Waals surface area contributed by atoms with Crippen LogP contribution in [0.2, 0.25) is 0 Å². The van der Waals surface area contributed by atoms with Gasteiger partial charge in [-0.25, -0.2) is 0 Å². The summed E-state index contributed by atoms with van der Waals surface area (Å²) in [6, 6.07) is 0. The van der Waals surface area contributed by atoms with Gasteiger partial charge in [-0.1, -0.05) is 33.1 Å². The van der Waals surface area contributed by atoms with Crippen molar-refractivity contribution in [2.75, 3.05) is 46.2 Å². The molecule has 0 radical (unpaired) electrons. The average Bonchev–Trinajstić information content (AvgIpc) is 3.07. The van der Waals surface area contributed by atoms with Gasteiger partial charge in [0.1, 0.15) is 12.4 Å². The fourth-order valence-corrected chi connectivity index (χ4v) is 3.20. The second kappa shape index (κ2) is 16.8. The quantitative estimate of drug-likeness (QED) is 0.336. The van der Waals surface area contributed by atoms with Gasteiger partial charge in [0.2, 0.25) is 0 Å². The van der Waals surface area contributed by atoms with Gasteiger partial charge in [0.05, 0.1) is 19.8 Å². The van der Waals surface area contributed by atoms with Crippen LogP contribution in [0.5, 0.6) is 5.75 Å². The zero-order valence-corrected chi connectivity index (χ0v) is 16.9. The van der Waals surface area contributed by atoms with Gasteiger partial charge in [0.15, 0.2) is 0 Å². The van der Waals surface area contributed by atoms with Crippen molar-refractivity contribution in [2.45, 2.75) is 58.8 Å². The zero-order valence-electron chi connectivity index (χ0n) is 16.1. The van der Waals surface area contributed by atoms with Crippen molar-refractivity contribution in [3.8, 4) is 5.75 Å².